The van der Waals surface area contributed by atoms with E-state index in [2.05, 4.69) is 4.99 Å². The highest BCUT2D eigenvalue weighted by atomic mass is 35.5. The predicted octanol–water partition coefficient (Wildman–Crippen LogP) is 3.35. The summed E-state index contributed by atoms with van der Waals surface area (Å²) < 4.78 is 5.18. The molecular formula is C11H12ClNO. The lowest BCUT2D eigenvalue weighted by atomic mass is 10.1. The lowest BCUT2D eigenvalue weighted by Gasteiger charge is -2.02. The van der Waals surface area contributed by atoms with Gasteiger partial charge < -0.3 is 4.74 Å². The second-order valence-corrected chi connectivity index (χ2v) is 3.77. The van der Waals surface area contributed by atoms with Crippen LogP contribution in [0.1, 0.15) is 18.4 Å². The van der Waals surface area contributed by atoms with Crippen molar-refractivity contribution in [1.29, 1.82) is 0 Å². The van der Waals surface area contributed by atoms with Crippen LogP contribution in [0.2, 0.25) is 5.02 Å². The van der Waals surface area contributed by atoms with E-state index in [-0.39, 0.29) is 0 Å². The number of rotatable bonds is 0. The van der Waals surface area contributed by atoms with Gasteiger partial charge in [-0.15, -0.1) is 0 Å². The fourth-order valence-electron chi connectivity index (χ4n) is 1.63. The van der Waals surface area contributed by atoms with E-state index in [9.17, 15) is 0 Å². The fourth-order valence-corrected chi connectivity index (χ4v) is 1.83. The Labute approximate surface area is 88.6 Å². The minimum absolute atomic E-state index is 0.778. The molecule has 1 aromatic rings. The molecule has 0 aromatic heterocycles. The van der Waals surface area contributed by atoms with Crippen LogP contribution in [0.5, 0.6) is 0 Å². The molecule has 1 heterocycles. The van der Waals surface area contributed by atoms with E-state index < -0.39 is 0 Å². The van der Waals surface area contributed by atoms with Gasteiger partial charge in [0.25, 0.3) is 0 Å². The Morgan fingerprint density at radius 1 is 1.36 bits per heavy atom. The minimum Gasteiger partial charge on any atom is -0.484 e. The summed E-state index contributed by atoms with van der Waals surface area (Å²) in [5.74, 6) is 0.811. The number of hydrogen-bond donors (Lipinski definition) is 0. The van der Waals surface area contributed by atoms with Crippen LogP contribution in [0.4, 0.5) is 5.69 Å². The van der Waals surface area contributed by atoms with Crippen molar-refractivity contribution in [3.05, 3.63) is 28.8 Å². The molecule has 0 unspecified atom stereocenters. The molecule has 0 saturated carbocycles. The molecule has 1 aliphatic rings. The van der Waals surface area contributed by atoms with Gasteiger partial charge in [-0.1, -0.05) is 11.6 Å². The summed E-state index contributed by atoms with van der Waals surface area (Å²) in [5.41, 5.74) is 2.20. The Morgan fingerprint density at radius 3 is 3.00 bits per heavy atom. The predicted molar refractivity (Wildman–Crippen MR) is 58.5 cm³/mol. The van der Waals surface area contributed by atoms with E-state index in [0.29, 0.717) is 0 Å². The van der Waals surface area contributed by atoms with E-state index >= 15 is 0 Å². The van der Waals surface area contributed by atoms with Crippen LogP contribution in [-0.4, -0.2) is 13.0 Å². The number of aliphatic imine (C=N–C) groups is 1. The van der Waals surface area contributed by atoms with Crippen molar-refractivity contribution in [2.75, 3.05) is 7.11 Å². The maximum absolute atomic E-state index is 5.92. The molecule has 0 saturated heterocycles. The van der Waals surface area contributed by atoms with Gasteiger partial charge in [-0.25, -0.2) is 4.99 Å². The van der Waals surface area contributed by atoms with Crippen molar-refractivity contribution >= 4 is 23.2 Å². The molecule has 0 N–H and O–H groups in total. The zero-order valence-corrected chi connectivity index (χ0v) is 8.84. The van der Waals surface area contributed by atoms with Crippen LogP contribution in [0, 0.1) is 0 Å². The van der Waals surface area contributed by atoms with Crippen LogP contribution in [0.15, 0.2) is 23.2 Å². The quantitative estimate of drug-likeness (QED) is 0.642. The average molecular weight is 210 g/mol. The van der Waals surface area contributed by atoms with Crippen LogP contribution in [0.3, 0.4) is 0 Å². The molecule has 1 aromatic carbocycles. The second-order valence-electron chi connectivity index (χ2n) is 3.34. The SMILES string of the molecule is COC1=Nc2ccc(Cl)cc2CCC1. The number of aryl methyl sites for hydroxylation is 1. The standard InChI is InChI=1S/C11H12ClNO/c1-14-11-4-2-3-8-7-9(12)5-6-10(8)13-11/h5-7H,2-4H2,1H3. The van der Waals surface area contributed by atoms with Gasteiger partial charge >= 0.3 is 0 Å². The molecule has 2 rings (SSSR count). The maximum atomic E-state index is 5.92. The van der Waals surface area contributed by atoms with Crippen LogP contribution in [-0.2, 0) is 11.2 Å². The molecule has 0 aliphatic carbocycles. The summed E-state index contributed by atoms with van der Waals surface area (Å²) in [6.07, 6.45) is 3.00. The zero-order valence-electron chi connectivity index (χ0n) is 8.09. The summed E-state index contributed by atoms with van der Waals surface area (Å²) in [7, 11) is 1.67. The summed E-state index contributed by atoms with van der Waals surface area (Å²) in [6.45, 7) is 0. The molecule has 0 atom stereocenters. The first-order valence-electron chi connectivity index (χ1n) is 4.69. The first-order valence-corrected chi connectivity index (χ1v) is 5.07. The summed E-state index contributed by atoms with van der Waals surface area (Å²) in [5, 5.41) is 0.778. The van der Waals surface area contributed by atoms with Gasteiger partial charge in [0, 0.05) is 11.4 Å². The van der Waals surface area contributed by atoms with E-state index in [0.717, 1.165) is 35.9 Å². The number of fused-ring (bicyclic) bond motifs is 1. The van der Waals surface area contributed by atoms with Gasteiger partial charge in [0.2, 0.25) is 0 Å². The number of benzene rings is 1. The monoisotopic (exact) mass is 209 g/mol. The molecule has 0 amide bonds. The smallest absolute Gasteiger partial charge is 0.188 e. The van der Waals surface area contributed by atoms with Gasteiger partial charge in [-0.3, -0.25) is 0 Å². The van der Waals surface area contributed by atoms with E-state index in [1.165, 1.54) is 5.56 Å². The molecule has 0 bridgehead atoms. The lowest BCUT2D eigenvalue weighted by Crippen LogP contribution is -1.98. The van der Waals surface area contributed by atoms with E-state index in [1.807, 2.05) is 18.2 Å². The molecular weight excluding hydrogens is 198 g/mol. The summed E-state index contributed by atoms with van der Waals surface area (Å²) >= 11 is 5.92. The largest absolute Gasteiger partial charge is 0.484 e. The highest BCUT2D eigenvalue weighted by Gasteiger charge is 2.10. The van der Waals surface area contributed by atoms with Gasteiger partial charge in [0.1, 0.15) is 0 Å². The fraction of sp³-hybridized carbons (Fsp3) is 0.364. The number of nitrogens with zero attached hydrogens (tertiary/aromatic N) is 1. The van der Waals surface area contributed by atoms with Gasteiger partial charge in [0.15, 0.2) is 5.90 Å². The number of methoxy groups -OCH3 is 1. The molecule has 1 aliphatic heterocycles. The van der Waals surface area contributed by atoms with Gasteiger partial charge in [-0.2, -0.15) is 0 Å². The molecule has 2 nitrogen and oxygen atoms in total. The second kappa shape index (κ2) is 4.01. The Balaban J connectivity index is 2.42. The lowest BCUT2D eigenvalue weighted by molar-refractivity contribution is 0.389. The third-order valence-electron chi connectivity index (χ3n) is 2.36. The summed E-state index contributed by atoms with van der Waals surface area (Å²) in [4.78, 5) is 4.43. The van der Waals surface area contributed by atoms with E-state index in [1.54, 1.807) is 7.11 Å². The normalized spacial score (nSPS) is 15.4. The Morgan fingerprint density at radius 2 is 2.21 bits per heavy atom. The highest BCUT2D eigenvalue weighted by Crippen LogP contribution is 2.27. The molecule has 14 heavy (non-hydrogen) atoms. The van der Waals surface area contributed by atoms with Crippen molar-refractivity contribution in [2.24, 2.45) is 4.99 Å². The first kappa shape index (κ1) is 9.53. The van der Waals surface area contributed by atoms with Crippen molar-refractivity contribution in [3.8, 4) is 0 Å². The highest BCUT2D eigenvalue weighted by molar-refractivity contribution is 6.30. The molecule has 74 valence electrons. The van der Waals surface area contributed by atoms with Gasteiger partial charge in [0.05, 0.1) is 12.8 Å². The number of hydrogen-bond acceptors (Lipinski definition) is 2. The first-order chi connectivity index (χ1) is 6.79. The van der Waals surface area contributed by atoms with Crippen LogP contribution >= 0.6 is 11.6 Å². The van der Waals surface area contributed by atoms with Crippen LogP contribution in [0.25, 0.3) is 0 Å². The molecule has 0 radical (unpaired) electrons. The third-order valence-corrected chi connectivity index (χ3v) is 2.59. The minimum atomic E-state index is 0.778. The van der Waals surface area contributed by atoms with Crippen molar-refractivity contribution < 1.29 is 4.74 Å². The maximum Gasteiger partial charge on any atom is 0.188 e. The number of ether oxygens (including phenoxy) is 1. The van der Waals surface area contributed by atoms with Crippen molar-refractivity contribution in [3.63, 3.8) is 0 Å². The van der Waals surface area contributed by atoms with Crippen molar-refractivity contribution in [1.82, 2.24) is 0 Å². The van der Waals surface area contributed by atoms with Crippen LogP contribution < -0.4 is 0 Å². The Bertz CT molecular complexity index is 374. The van der Waals surface area contributed by atoms with Gasteiger partial charge in [-0.05, 0) is 36.6 Å². The summed E-state index contributed by atoms with van der Waals surface area (Å²) in [6, 6.07) is 5.80. The molecule has 0 fully saturated rings. The van der Waals surface area contributed by atoms with E-state index in [4.69, 9.17) is 16.3 Å². The average Bonchev–Trinajstić information content (AvgIpc) is 2.38. The Kier molecular flexibility index (Phi) is 2.73. The molecule has 3 heteroatoms. The Hall–Kier alpha value is -1.02. The molecule has 0 spiro atoms. The third kappa shape index (κ3) is 1.90. The zero-order chi connectivity index (χ0) is 9.97. The topological polar surface area (TPSA) is 21.6 Å². The number of halogens is 1. The van der Waals surface area contributed by atoms with Crippen molar-refractivity contribution in [2.45, 2.75) is 19.3 Å².